The summed E-state index contributed by atoms with van der Waals surface area (Å²) in [5, 5.41) is 0. The summed E-state index contributed by atoms with van der Waals surface area (Å²) >= 11 is 0. The number of halogens is 1. The lowest BCUT2D eigenvalue weighted by Gasteiger charge is -2.26. The lowest BCUT2D eigenvalue weighted by molar-refractivity contribution is -0.126. The third-order valence-electron chi connectivity index (χ3n) is 1.34. The maximum absolute atomic E-state index is 5.39. The molecule has 0 radical (unpaired) electrons. The molecule has 0 aliphatic carbocycles. The van der Waals surface area contributed by atoms with E-state index in [1.54, 1.807) is 0 Å². The number of ether oxygens (including phenoxy) is 2. The fraction of sp³-hybridized carbons (Fsp3) is 1.00. The van der Waals surface area contributed by atoms with Gasteiger partial charge in [-0.05, 0) is 6.92 Å². The first-order valence-electron chi connectivity index (χ1n) is 3.26. The van der Waals surface area contributed by atoms with Crippen LogP contribution in [0.4, 0.5) is 0 Å². The van der Waals surface area contributed by atoms with Crippen molar-refractivity contribution < 1.29 is 9.47 Å². The van der Waals surface area contributed by atoms with E-state index in [9.17, 15) is 0 Å². The van der Waals surface area contributed by atoms with Crippen molar-refractivity contribution in [3.63, 3.8) is 0 Å². The average molecular weight is 168 g/mol. The molecule has 62 valence electrons. The molecular weight excluding hydrogens is 154 g/mol. The Labute approximate surface area is 67.3 Å². The molecule has 1 aliphatic heterocycles. The van der Waals surface area contributed by atoms with E-state index in [2.05, 4.69) is 0 Å². The molecule has 0 saturated carbocycles. The summed E-state index contributed by atoms with van der Waals surface area (Å²) in [6.07, 6.45) is 0.334. The molecule has 0 aromatic rings. The zero-order chi connectivity index (χ0) is 6.69. The SMILES string of the molecule is CC1COCC(CN)O1.Cl. The van der Waals surface area contributed by atoms with Crippen molar-refractivity contribution in [2.45, 2.75) is 19.1 Å². The number of hydrogen-bond donors (Lipinski definition) is 1. The van der Waals surface area contributed by atoms with Crippen LogP contribution in [-0.2, 0) is 9.47 Å². The van der Waals surface area contributed by atoms with Gasteiger partial charge in [-0.2, -0.15) is 0 Å². The molecule has 0 bridgehead atoms. The van der Waals surface area contributed by atoms with Crippen molar-refractivity contribution in [3.8, 4) is 0 Å². The number of rotatable bonds is 1. The Morgan fingerprint density at radius 2 is 2.20 bits per heavy atom. The quantitative estimate of drug-likeness (QED) is 0.606. The minimum absolute atomic E-state index is 0. The fourth-order valence-electron chi connectivity index (χ4n) is 0.896. The summed E-state index contributed by atoms with van der Waals surface area (Å²) in [5.74, 6) is 0. The van der Waals surface area contributed by atoms with Crippen LogP contribution >= 0.6 is 12.4 Å². The van der Waals surface area contributed by atoms with Gasteiger partial charge in [0.05, 0.1) is 25.4 Å². The molecule has 1 saturated heterocycles. The Kier molecular flexibility index (Phi) is 4.99. The van der Waals surface area contributed by atoms with E-state index in [0.29, 0.717) is 19.8 Å². The predicted molar refractivity (Wildman–Crippen MR) is 41.5 cm³/mol. The highest BCUT2D eigenvalue weighted by Crippen LogP contribution is 2.04. The Balaban J connectivity index is 0.000000810. The molecule has 2 N–H and O–H groups in total. The van der Waals surface area contributed by atoms with Crippen molar-refractivity contribution in [2.24, 2.45) is 5.73 Å². The fourth-order valence-corrected chi connectivity index (χ4v) is 0.896. The van der Waals surface area contributed by atoms with Crippen LogP contribution in [0.15, 0.2) is 0 Å². The number of hydrogen-bond acceptors (Lipinski definition) is 3. The lowest BCUT2D eigenvalue weighted by atomic mass is 10.3. The molecule has 2 atom stereocenters. The molecule has 1 aliphatic rings. The van der Waals surface area contributed by atoms with Crippen LogP contribution in [0.1, 0.15) is 6.92 Å². The first-order valence-corrected chi connectivity index (χ1v) is 3.26. The van der Waals surface area contributed by atoms with Gasteiger partial charge >= 0.3 is 0 Å². The minimum Gasteiger partial charge on any atom is -0.376 e. The molecule has 0 spiro atoms. The van der Waals surface area contributed by atoms with E-state index in [4.69, 9.17) is 15.2 Å². The van der Waals surface area contributed by atoms with Gasteiger partial charge in [-0.3, -0.25) is 0 Å². The Bertz CT molecular complexity index is 91.8. The first-order chi connectivity index (χ1) is 4.33. The highest BCUT2D eigenvalue weighted by molar-refractivity contribution is 5.85. The van der Waals surface area contributed by atoms with Crippen LogP contribution in [0.3, 0.4) is 0 Å². The van der Waals surface area contributed by atoms with Gasteiger partial charge in [0.1, 0.15) is 0 Å². The van der Waals surface area contributed by atoms with Gasteiger partial charge in [0, 0.05) is 6.54 Å². The smallest absolute Gasteiger partial charge is 0.0935 e. The molecule has 10 heavy (non-hydrogen) atoms. The van der Waals surface area contributed by atoms with Crippen LogP contribution < -0.4 is 5.73 Å². The van der Waals surface area contributed by atoms with Crippen LogP contribution in [0.5, 0.6) is 0 Å². The van der Waals surface area contributed by atoms with E-state index >= 15 is 0 Å². The van der Waals surface area contributed by atoms with Gasteiger partial charge in [-0.25, -0.2) is 0 Å². The van der Waals surface area contributed by atoms with Crippen molar-refractivity contribution in [3.05, 3.63) is 0 Å². The van der Waals surface area contributed by atoms with E-state index in [-0.39, 0.29) is 24.6 Å². The van der Waals surface area contributed by atoms with Crippen LogP contribution in [0.2, 0.25) is 0 Å². The first kappa shape index (κ1) is 10.2. The molecular formula is C6H14ClNO2. The standard InChI is InChI=1S/C6H13NO2.ClH/c1-5-3-8-4-6(2-7)9-5;/h5-6H,2-4,7H2,1H3;1H. The Morgan fingerprint density at radius 1 is 1.50 bits per heavy atom. The van der Waals surface area contributed by atoms with Gasteiger partial charge in [0.15, 0.2) is 0 Å². The molecule has 4 heteroatoms. The zero-order valence-corrected chi connectivity index (χ0v) is 6.89. The maximum Gasteiger partial charge on any atom is 0.0935 e. The van der Waals surface area contributed by atoms with Gasteiger partial charge in [0.2, 0.25) is 0 Å². The minimum atomic E-state index is 0. The summed E-state index contributed by atoms with van der Waals surface area (Å²) in [5.41, 5.74) is 5.36. The van der Waals surface area contributed by atoms with E-state index in [1.807, 2.05) is 6.92 Å². The highest BCUT2D eigenvalue weighted by atomic mass is 35.5. The van der Waals surface area contributed by atoms with E-state index in [0.717, 1.165) is 0 Å². The van der Waals surface area contributed by atoms with E-state index in [1.165, 1.54) is 0 Å². The van der Waals surface area contributed by atoms with Crippen molar-refractivity contribution >= 4 is 12.4 Å². The lowest BCUT2D eigenvalue weighted by Crippen LogP contribution is -2.38. The molecule has 1 fully saturated rings. The van der Waals surface area contributed by atoms with Crippen LogP contribution in [-0.4, -0.2) is 32.0 Å². The highest BCUT2D eigenvalue weighted by Gasteiger charge is 2.17. The second-order valence-electron chi connectivity index (χ2n) is 2.34. The molecule has 0 aromatic carbocycles. The van der Waals surface area contributed by atoms with Crippen molar-refractivity contribution in [1.82, 2.24) is 0 Å². The summed E-state index contributed by atoms with van der Waals surface area (Å²) < 4.78 is 10.6. The van der Waals surface area contributed by atoms with Crippen molar-refractivity contribution in [1.29, 1.82) is 0 Å². The molecule has 1 rings (SSSR count). The molecule has 3 nitrogen and oxygen atoms in total. The van der Waals surface area contributed by atoms with Crippen molar-refractivity contribution in [2.75, 3.05) is 19.8 Å². The summed E-state index contributed by atoms with van der Waals surface area (Å²) in [6.45, 7) is 3.91. The monoisotopic (exact) mass is 167 g/mol. The molecule has 1 heterocycles. The molecule has 2 unspecified atom stereocenters. The van der Waals surface area contributed by atoms with Gasteiger partial charge < -0.3 is 15.2 Å². The van der Waals surface area contributed by atoms with Gasteiger partial charge in [-0.1, -0.05) is 0 Å². The van der Waals surface area contributed by atoms with Gasteiger partial charge in [-0.15, -0.1) is 12.4 Å². The second-order valence-corrected chi connectivity index (χ2v) is 2.34. The zero-order valence-electron chi connectivity index (χ0n) is 6.08. The molecule has 0 amide bonds. The average Bonchev–Trinajstić information content (AvgIpc) is 1.88. The third-order valence-corrected chi connectivity index (χ3v) is 1.34. The normalized spacial score (nSPS) is 33.0. The largest absolute Gasteiger partial charge is 0.376 e. The maximum atomic E-state index is 5.39. The number of nitrogens with two attached hydrogens (primary N) is 1. The van der Waals surface area contributed by atoms with E-state index < -0.39 is 0 Å². The third kappa shape index (κ3) is 2.84. The summed E-state index contributed by atoms with van der Waals surface area (Å²) in [6, 6.07) is 0. The molecule has 0 aromatic heterocycles. The second kappa shape index (κ2) is 4.91. The Morgan fingerprint density at radius 3 is 2.60 bits per heavy atom. The predicted octanol–water partition coefficient (Wildman–Crippen LogP) is 0.171. The van der Waals surface area contributed by atoms with Crippen LogP contribution in [0.25, 0.3) is 0 Å². The van der Waals surface area contributed by atoms with Gasteiger partial charge in [0.25, 0.3) is 0 Å². The Hall–Kier alpha value is 0.170. The van der Waals surface area contributed by atoms with Crippen LogP contribution in [0, 0.1) is 0 Å². The summed E-state index contributed by atoms with van der Waals surface area (Å²) in [7, 11) is 0. The topological polar surface area (TPSA) is 44.5 Å². The summed E-state index contributed by atoms with van der Waals surface area (Å²) in [4.78, 5) is 0.